The molecule has 0 radical (unpaired) electrons. The van der Waals surface area contributed by atoms with Crippen molar-refractivity contribution in [3.63, 3.8) is 0 Å². The molecule has 8 N–H and O–H groups in total. The molecule has 2 heterocycles. The normalized spacial score (nSPS) is 19.2. The number of amides is 8. The summed E-state index contributed by atoms with van der Waals surface area (Å²) in [5, 5.41) is 23.2. The maximum atomic E-state index is 14.7. The van der Waals surface area contributed by atoms with Crippen LogP contribution in [0, 0.1) is 10.8 Å². The minimum Gasteiger partial charge on any atom is -0.357 e. The first kappa shape index (κ1) is 58.6. The Morgan fingerprint density at radius 1 is 0.562 bits per heavy atom. The number of allylic oxidation sites excluding steroid dienone is 1. The van der Waals surface area contributed by atoms with Gasteiger partial charge < -0.3 is 52.3 Å². The van der Waals surface area contributed by atoms with Crippen LogP contribution in [0.3, 0.4) is 0 Å². The first-order chi connectivity index (χ1) is 34.4. The standard InChI is InChI=1S/C52H72N10O8.C3H6/c1-30(53-9)43(63)59-41(51(3,4)5)49(69)61-28-36(26-38(61)47(67)55-11)56-45(65)34-22-24-35(25-23-34)46(66)57-37-27-39(62(29-37)50(70)42(52(6,7)8)60-44(64)31(2)54-10)48(68)58-40(32-18-14-12-15-19-32)33-20-16-13-17-21-33;1-3-2/h12-25,30-31,36-42,53-54H,26-29H2,1-11H3,(H,55,67)(H,56,65)(H,57,66)(H,58,68)(H,59,63)(H,60,64);3H,1H2,2H3/t30-,31-,36?,37-,38-,39?,41?,42?;/m0./s1. The lowest BCUT2D eigenvalue weighted by molar-refractivity contribution is -0.144. The Kier molecular flexibility index (Phi) is 21.0. The topological polar surface area (TPSA) is 239 Å². The number of rotatable bonds is 17. The highest BCUT2D eigenvalue weighted by Gasteiger charge is 2.47. The molecule has 0 spiro atoms. The molecule has 3 aromatic carbocycles. The van der Waals surface area contributed by atoms with Crippen molar-refractivity contribution in [2.24, 2.45) is 10.8 Å². The van der Waals surface area contributed by atoms with Gasteiger partial charge >= 0.3 is 0 Å². The Morgan fingerprint density at radius 2 is 0.904 bits per heavy atom. The number of likely N-dealkylation sites (N-methyl/N-ethyl adjacent to an activating group) is 3. The molecule has 0 saturated carbocycles. The van der Waals surface area contributed by atoms with Crippen LogP contribution >= 0.6 is 0 Å². The number of likely N-dealkylation sites (tertiary alicyclic amines) is 2. The Balaban J connectivity index is 0.00000375. The van der Waals surface area contributed by atoms with Crippen LogP contribution in [0.2, 0.25) is 0 Å². The fourth-order valence-electron chi connectivity index (χ4n) is 8.66. The number of carbonyl (C=O) groups is 8. The van der Waals surface area contributed by atoms with E-state index in [9.17, 15) is 38.4 Å². The Bertz CT molecular complexity index is 2360. The number of hydrogen-bond donors (Lipinski definition) is 8. The molecule has 5 rings (SSSR count). The van der Waals surface area contributed by atoms with Crippen molar-refractivity contribution in [1.29, 1.82) is 0 Å². The molecule has 18 nitrogen and oxygen atoms in total. The third-order valence-electron chi connectivity index (χ3n) is 13.1. The highest BCUT2D eigenvalue weighted by Crippen LogP contribution is 2.30. The summed E-state index contributed by atoms with van der Waals surface area (Å²) in [5.74, 6) is -3.50. The quantitative estimate of drug-likeness (QED) is 0.0920. The van der Waals surface area contributed by atoms with Crippen molar-refractivity contribution >= 4 is 47.3 Å². The van der Waals surface area contributed by atoms with Gasteiger partial charge in [-0.25, -0.2) is 0 Å². The second-order valence-electron chi connectivity index (χ2n) is 20.8. The van der Waals surface area contributed by atoms with Crippen LogP contribution in [0.25, 0.3) is 0 Å². The molecule has 18 heteroatoms. The van der Waals surface area contributed by atoms with E-state index in [4.69, 9.17) is 0 Å². The second-order valence-corrected chi connectivity index (χ2v) is 20.8. The molecule has 2 fully saturated rings. The summed E-state index contributed by atoms with van der Waals surface area (Å²) >= 11 is 0. The second kappa shape index (κ2) is 26.2. The van der Waals surface area contributed by atoms with Crippen molar-refractivity contribution in [2.45, 2.75) is 130 Å². The van der Waals surface area contributed by atoms with Crippen LogP contribution < -0.4 is 42.5 Å². The maximum Gasteiger partial charge on any atom is 0.251 e. The Hall–Kier alpha value is -6.92. The van der Waals surface area contributed by atoms with E-state index in [0.717, 1.165) is 11.1 Å². The number of hydrogen-bond acceptors (Lipinski definition) is 10. The molecule has 3 aromatic rings. The molecule has 0 aliphatic carbocycles. The van der Waals surface area contributed by atoms with Gasteiger partial charge in [0.25, 0.3) is 11.8 Å². The average molecular weight is 1010 g/mol. The molecule has 0 bridgehead atoms. The summed E-state index contributed by atoms with van der Waals surface area (Å²) in [6.07, 6.45) is 1.96. The molecule has 2 saturated heterocycles. The third kappa shape index (κ3) is 15.5. The number of carbonyl (C=O) groups excluding carboxylic acids is 8. The fraction of sp³-hybridized carbons (Fsp3) is 0.491. The lowest BCUT2D eigenvalue weighted by atomic mass is 9.85. The molecule has 2 aliphatic heterocycles. The summed E-state index contributed by atoms with van der Waals surface area (Å²) in [6, 6.07) is 18.0. The van der Waals surface area contributed by atoms with E-state index in [1.54, 1.807) is 34.0 Å². The van der Waals surface area contributed by atoms with E-state index < -0.39 is 101 Å². The monoisotopic (exact) mass is 1010 g/mol. The minimum absolute atomic E-state index is 0.0181. The van der Waals surface area contributed by atoms with Crippen molar-refractivity contribution in [2.75, 3.05) is 34.2 Å². The molecule has 4 unspecified atom stereocenters. The van der Waals surface area contributed by atoms with Crippen molar-refractivity contribution in [3.05, 3.63) is 120 Å². The zero-order valence-electron chi connectivity index (χ0n) is 44.6. The summed E-state index contributed by atoms with van der Waals surface area (Å²) in [7, 11) is 4.75. The van der Waals surface area contributed by atoms with E-state index in [0.29, 0.717) is 0 Å². The molecule has 8 amide bonds. The fourth-order valence-corrected chi connectivity index (χ4v) is 8.66. The van der Waals surface area contributed by atoms with Gasteiger partial charge in [-0.15, -0.1) is 6.58 Å². The highest BCUT2D eigenvalue weighted by molar-refractivity contribution is 5.99. The summed E-state index contributed by atoms with van der Waals surface area (Å²) < 4.78 is 0. The van der Waals surface area contributed by atoms with Crippen molar-refractivity contribution in [1.82, 2.24) is 52.3 Å². The predicted molar refractivity (Wildman–Crippen MR) is 282 cm³/mol. The summed E-state index contributed by atoms with van der Waals surface area (Å²) in [5.41, 5.74) is 0.648. The maximum absolute atomic E-state index is 14.7. The van der Waals surface area contributed by atoms with Crippen LogP contribution in [-0.4, -0.2) is 140 Å². The molecule has 0 aromatic heterocycles. The van der Waals surface area contributed by atoms with Gasteiger partial charge in [0.1, 0.15) is 24.2 Å². The van der Waals surface area contributed by atoms with E-state index in [1.165, 1.54) is 41.1 Å². The van der Waals surface area contributed by atoms with Gasteiger partial charge in [0, 0.05) is 43.3 Å². The molecule has 73 heavy (non-hydrogen) atoms. The largest absolute Gasteiger partial charge is 0.357 e. The molecular formula is C55H78N10O8. The van der Waals surface area contributed by atoms with Gasteiger partial charge in [0.15, 0.2) is 0 Å². The predicted octanol–water partition coefficient (Wildman–Crippen LogP) is 3.21. The van der Waals surface area contributed by atoms with Crippen LogP contribution in [0.15, 0.2) is 97.6 Å². The van der Waals surface area contributed by atoms with Crippen LogP contribution in [-0.2, 0) is 28.8 Å². The van der Waals surface area contributed by atoms with Gasteiger partial charge in [0.2, 0.25) is 35.4 Å². The minimum atomic E-state index is -1.02. The van der Waals surface area contributed by atoms with Gasteiger partial charge in [-0.3, -0.25) is 38.4 Å². The van der Waals surface area contributed by atoms with Crippen molar-refractivity contribution < 1.29 is 38.4 Å². The van der Waals surface area contributed by atoms with Crippen LogP contribution in [0.5, 0.6) is 0 Å². The summed E-state index contributed by atoms with van der Waals surface area (Å²) in [6.45, 7) is 19.6. The average Bonchev–Trinajstić information content (AvgIpc) is 4.00. The number of benzene rings is 3. The van der Waals surface area contributed by atoms with E-state index >= 15 is 0 Å². The van der Waals surface area contributed by atoms with Gasteiger partial charge in [-0.2, -0.15) is 0 Å². The zero-order valence-corrected chi connectivity index (χ0v) is 44.6. The lowest BCUT2D eigenvalue weighted by Crippen LogP contribution is -2.59. The molecule has 2 aliphatic rings. The molecule has 8 atom stereocenters. The third-order valence-corrected chi connectivity index (χ3v) is 13.1. The Morgan fingerprint density at radius 3 is 1.22 bits per heavy atom. The Labute approximate surface area is 431 Å². The molecule has 396 valence electrons. The summed E-state index contributed by atoms with van der Waals surface area (Å²) in [4.78, 5) is 113. The van der Waals surface area contributed by atoms with Crippen LogP contribution in [0.4, 0.5) is 0 Å². The van der Waals surface area contributed by atoms with E-state index in [-0.39, 0.29) is 48.9 Å². The molecular weight excluding hydrogens is 929 g/mol. The first-order valence-corrected chi connectivity index (χ1v) is 24.9. The van der Waals surface area contributed by atoms with Gasteiger partial charge in [-0.05, 0) is 93.9 Å². The first-order valence-electron chi connectivity index (χ1n) is 24.9. The number of nitrogens with zero attached hydrogens (tertiary/aromatic N) is 2. The number of nitrogens with one attached hydrogen (secondary N) is 8. The van der Waals surface area contributed by atoms with E-state index in [1.807, 2.05) is 109 Å². The smallest absolute Gasteiger partial charge is 0.251 e. The van der Waals surface area contributed by atoms with Crippen molar-refractivity contribution in [3.8, 4) is 0 Å². The highest BCUT2D eigenvalue weighted by atomic mass is 16.2. The van der Waals surface area contributed by atoms with Gasteiger partial charge in [0.05, 0.1) is 18.1 Å². The van der Waals surface area contributed by atoms with Crippen LogP contribution in [0.1, 0.15) is 113 Å². The SMILES string of the molecule is C=CC.CNC(=O)[C@@H]1CC(NC(=O)c2ccc(C(=O)N[C@H]3CC(C(=O)NC(c4ccccc4)c4ccccc4)N(C(=O)C(NC(=O)[C@H](C)NC)C(C)(C)C)C3)cc2)CN1C(=O)C(NC(=O)[C@H](C)NC)C(C)(C)C. The lowest BCUT2D eigenvalue weighted by Gasteiger charge is -2.36. The zero-order chi connectivity index (χ0) is 54.4. The van der Waals surface area contributed by atoms with E-state index in [2.05, 4.69) is 49.1 Å². The van der Waals surface area contributed by atoms with Gasteiger partial charge in [-0.1, -0.05) is 108 Å².